The van der Waals surface area contributed by atoms with Crippen LogP contribution in [0.2, 0.25) is 10.0 Å². The van der Waals surface area contributed by atoms with E-state index in [1.165, 1.54) is 0 Å². The smallest absolute Gasteiger partial charge is 0.0664 e. The van der Waals surface area contributed by atoms with E-state index in [0.717, 1.165) is 5.56 Å². The number of rotatable bonds is 7. The van der Waals surface area contributed by atoms with Crippen LogP contribution in [0.4, 0.5) is 0 Å². The molecular weight excluding hydrogens is 273 g/mol. The van der Waals surface area contributed by atoms with Crippen LogP contribution in [0.25, 0.3) is 0 Å². The molecule has 0 radical (unpaired) electrons. The van der Waals surface area contributed by atoms with E-state index in [-0.39, 0.29) is 12.7 Å². The molecule has 1 unspecified atom stereocenters. The van der Waals surface area contributed by atoms with Crippen LogP contribution in [-0.4, -0.2) is 40.9 Å². The molecule has 0 aromatic heterocycles. The average Bonchev–Trinajstić information content (AvgIpc) is 2.34. The van der Waals surface area contributed by atoms with Gasteiger partial charge in [-0.3, -0.25) is 4.90 Å². The van der Waals surface area contributed by atoms with Gasteiger partial charge < -0.3 is 10.2 Å². The summed E-state index contributed by atoms with van der Waals surface area (Å²) in [6, 6.07) is 5.47. The molecule has 1 aromatic rings. The summed E-state index contributed by atoms with van der Waals surface area (Å²) in [5, 5.41) is 19.7. The van der Waals surface area contributed by atoms with Crippen LogP contribution in [0, 0.1) is 0 Å². The Kier molecular flexibility index (Phi) is 6.97. The third kappa shape index (κ3) is 5.12. The van der Waals surface area contributed by atoms with Crippen molar-refractivity contribution in [2.75, 3.05) is 19.7 Å². The SMILES string of the molecule is CCC(O)CN(CCO)Cc1ccc(Cl)c(Cl)c1. The zero-order chi connectivity index (χ0) is 13.5. The van der Waals surface area contributed by atoms with Crippen molar-refractivity contribution in [3.05, 3.63) is 33.8 Å². The van der Waals surface area contributed by atoms with Crippen LogP contribution in [0.5, 0.6) is 0 Å². The number of benzene rings is 1. The second-order valence-corrected chi connectivity index (χ2v) is 5.08. The highest BCUT2D eigenvalue weighted by atomic mass is 35.5. The topological polar surface area (TPSA) is 43.7 Å². The molecule has 1 atom stereocenters. The van der Waals surface area contributed by atoms with Gasteiger partial charge >= 0.3 is 0 Å². The van der Waals surface area contributed by atoms with Gasteiger partial charge in [0.15, 0.2) is 0 Å². The van der Waals surface area contributed by atoms with Crippen molar-refractivity contribution in [3.8, 4) is 0 Å². The number of aliphatic hydroxyl groups is 2. The molecule has 0 fully saturated rings. The summed E-state index contributed by atoms with van der Waals surface area (Å²) in [6.45, 7) is 3.70. The van der Waals surface area contributed by atoms with Gasteiger partial charge in [-0.1, -0.05) is 36.2 Å². The Balaban J connectivity index is 2.66. The van der Waals surface area contributed by atoms with Crippen LogP contribution >= 0.6 is 23.2 Å². The fraction of sp³-hybridized carbons (Fsp3) is 0.538. The van der Waals surface area contributed by atoms with E-state index in [1.54, 1.807) is 6.07 Å². The fourth-order valence-electron chi connectivity index (χ4n) is 1.70. The first-order chi connectivity index (χ1) is 8.56. The minimum atomic E-state index is -0.376. The average molecular weight is 292 g/mol. The van der Waals surface area contributed by atoms with Crippen molar-refractivity contribution in [2.45, 2.75) is 26.0 Å². The predicted octanol–water partition coefficient (Wildman–Crippen LogP) is 2.56. The fourth-order valence-corrected chi connectivity index (χ4v) is 2.02. The number of hydrogen-bond donors (Lipinski definition) is 2. The van der Waals surface area contributed by atoms with Crippen molar-refractivity contribution >= 4 is 23.2 Å². The second kappa shape index (κ2) is 7.97. The Morgan fingerprint density at radius 1 is 1.28 bits per heavy atom. The zero-order valence-corrected chi connectivity index (χ0v) is 12.0. The quantitative estimate of drug-likeness (QED) is 0.811. The van der Waals surface area contributed by atoms with E-state index in [0.29, 0.717) is 36.1 Å². The zero-order valence-electron chi connectivity index (χ0n) is 10.4. The molecule has 0 heterocycles. The lowest BCUT2D eigenvalue weighted by atomic mass is 10.2. The minimum absolute atomic E-state index is 0.0672. The molecule has 0 spiro atoms. The molecule has 2 N–H and O–H groups in total. The Morgan fingerprint density at radius 2 is 2.00 bits per heavy atom. The van der Waals surface area contributed by atoms with Gasteiger partial charge in [0.05, 0.1) is 22.8 Å². The maximum absolute atomic E-state index is 9.66. The molecule has 0 saturated heterocycles. The van der Waals surface area contributed by atoms with Crippen molar-refractivity contribution in [2.24, 2.45) is 0 Å². The second-order valence-electron chi connectivity index (χ2n) is 4.27. The molecule has 18 heavy (non-hydrogen) atoms. The summed E-state index contributed by atoms with van der Waals surface area (Å²) in [5.74, 6) is 0. The van der Waals surface area contributed by atoms with E-state index in [2.05, 4.69) is 0 Å². The molecule has 0 aliphatic heterocycles. The van der Waals surface area contributed by atoms with Crippen LogP contribution in [0.15, 0.2) is 18.2 Å². The highest BCUT2D eigenvalue weighted by Crippen LogP contribution is 2.23. The van der Waals surface area contributed by atoms with E-state index in [4.69, 9.17) is 28.3 Å². The van der Waals surface area contributed by atoms with Gasteiger partial charge in [-0.2, -0.15) is 0 Å². The largest absolute Gasteiger partial charge is 0.395 e. The minimum Gasteiger partial charge on any atom is -0.395 e. The monoisotopic (exact) mass is 291 g/mol. The Labute approximate surface area is 118 Å². The summed E-state index contributed by atoms with van der Waals surface area (Å²) in [7, 11) is 0. The molecule has 0 aliphatic rings. The lowest BCUT2D eigenvalue weighted by Crippen LogP contribution is -2.33. The summed E-state index contributed by atoms with van der Waals surface area (Å²) in [5.41, 5.74) is 1.01. The normalized spacial score (nSPS) is 13.0. The summed E-state index contributed by atoms with van der Waals surface area (Å²) in [4.78, 5) is 1.99. The van der Waals surface area contributed by atoms with E-state index in [1.807, 2.05) is 24.0 Å². The molecule has 5 heteroatoms. The Bertz CT molecular complexity index is 374. The molecule has 1 aromatic carbocycles. The molecule has 0 amide bonds. The van der Waals surface area contributed by atoms with Crippen LogP contribution in [0.3, 0.4) is 0 Å². The van der Waals surface area contributed by atoms with Crippen molar-refractivity contribution in [1.29, 1.82) is 0 Å². The molecule has 1 rings (SSSR count). The van der Waals surface area contributed by atoms with Gasteiger partial charge in [0.1, 0.15) is 0 Å². The maximum atomic E-state index is 9.66. The number of hydrogen-bond acceptors (Lipinski definition) is 3. The third-order valence-corrected chi connectivity index (χ3v) is 3.49. The predicted molar refractivity (Wildman–Crippen MR) is 75.1 cm³/mol. The first-order valence-corrected chi connectivity index (χ1v) is 6.77. The van der Waals surface area contributed by atoms with Gasteiger partial charge in [0, 0.05) is 19.6 Å². The van der Waals surface area contributed by atoms with Crippen molar-refractivity contribution in [1.82, 2.24) is 4.90 Å². The van der Waals surface area contributed by atoms with Crippen molar-refractivity contribution < 1.29 is 10.2 Å². The first kappa shape index (κ1) is 15.7. The van der Waals surface area contributed by atoms with Gasteiger partial charge in [0.2, 0.25) is 0 Å². The standard InChI is InChI=1S/C13H19Cl2NO2/c1-2-11(18)9-16(5-6-17)8-10-3-4-12(14)13(15)7-10/h3-4,7,11,17-18H,2,5-6,8-9H2,1H3. The number of nitrogens with zero attached hydrogens (tertiary/aromatic N) is 1. The van der Waals surface area contributed by atoms with E-state index >= 15 is 0 Å². The van der Waals surface area contributed by atoms with Gasteiger partial charge in [-0.05, 0) is 24.1 Å². The van der Waals surface area contributed by atoms with Gasteiger partial charge in [-0.15, -0.1) is 0 Å². The molecule has 3 nitrogen and oxygen atoms in total. The maximum Gasteiger partial charge on any atom is 0.0664 e. The lowest BCUT2D eigenvalue weighted by Gasteiger charge is -2.24. The van der Waals surface area contributed by atoms with Crippen LogP contribution in [-0.2, 0) is 6.54 Å². The van der Waals surface area contributed by atoms with Crippen LogP contribution < -0.4 is 0 Å². The number of halogens is 2. The van der Waals surface area contributed by atoms with Gasteiger partial charge in [0.25, 0.3) is 0 Å². The van der Waals surface area contributed by atoms with Gasteiger partial charge in [-0.25, -0.2) is 0 Å². The number of aliphatic hydroxyl groups excluding tert-OH is 2. The summed E-state index contributed by atoms with van der Waals surface area (Å²) in [6.07, 6.45) is 0.322. The van der Waals surface area contributed by atoms with Crippen molar-refractivity contribution in [3.63, 3.8) is 0 Å². The summed E-state index contributed by atoms with van der Waals surface area (Å²) < 4.78 is 0. The third-order valence-electron chi connectivity index (χ3n) is 2.75. The van der Waals surface area contributed by atoms with Crippen LogP contribution in [0.1, 0.15) is 18.9 Å². The lowest BCUT2D eigenvalue weighted by molar-refractivity contribution is 0.0930. The Hall–Kier alpha value is -0.320. The molecular formula is C13H19Cl2NO2. The van der Waals surface area contributed by atoms with E-state index < -0.39 is 0 Å². The Morgan fingerprint density at radius 3 is 2.56 bits per heavy atom. The molecule has 0 bridgehead atoms. The highest BCUT2D eigenvalue weighted by molar-refractivity contribution is 6.42. The molecule has 102 valence electrons. The highest BCUT2D eigenvalue weighted by Gasteiger charge is 2.11. The molecule has 0 aliphatic carbocycles. The van der Waals surface area contributed by atoms with E-state index in [9.17, 15) is 5.11 Å². The summed E-state index contributed by atoms with van der Waals surface area (Å²) >= 11 is 11.8. The molecule has 0 saturated carbocycles. The first-order valence-electron chi connectivity index (χ1n) is 6.02.